The Morgan fingerprint density at radius 3 is 1.90 bits per heavy atom. The SMILES string of the molecule is CC(C)c1nc(-c2ccc(C(F)(F)F)cc2)oc1C(C)C. The molecule has 1 aromatic heterocycles. The van der Waals surface area contributed by atoms with Crippen LogP contribution in [0.3, 0.4) is 0 Å². The lowest BCUT2D eigenvalue weighted by molar-refractivity contribution is -0.137. The van der Waals surface area contributed by atoms with Crippen molar-refractivity contribution < 1.29 is 17.6 Å². The number of aromatic nitrogens is 1. The number of halogens is 3. The quantitative estimate of drug-likeness (QED) is 0.736. The van der Waals surface area contributed by atoms with Gasteiger partial charge in [0.25, 0.3) is 0 Å². The number of nitrogens with zero attached hydrogens (tertiary/aromatic N) is 1. The van der Waals surface area contributed by atoms with E-state index in [0.29, 0.717) is 11.5 Å². The summed E-state index contributed by atoms with van der Waals surface area (Å²) in [6, 6.07) is 4.87. The minimum absolute atomic E-state index is 0.179. The van der Waals surface area contributed by atoms with Crippen LogP contribution in [-0.4, -0.2) is 4.98 Å². The van der Waals surface area contributed by atoms with Gasteiger partial charge >= 0.3 is 6.18 Å². The van der Waals surface area contributed by atoms with Crippen molar-refractivity contribution in [1.29, 1.82) is 0 Å². The maximum atomic E-state index is 12.6. The van der Waals surface area contributed by atoms with Gasteiger partial charge in [0.15, 0.2) is 0 Å². The molecule has 0 unspecified atom stereocenters. The van der Waals surface area contributed by atoms with Gasteiger partial charge in [0.1, 0.15) is 5.76 Å². The molecule has 1 aromatic carbocycles. The maximum absolute atomic E-state index is 12.6. The molecule has 0 aliphatic carbocycles. The number of oxazole rings is 1. The van der Waals surface area contributed by atoms with Gasteiger partial charge in [-0.3, -0.25) is 0 Å². The molecular formula is C16H18F3NO. The third-order valence-electron chi connectivity index (χ3n) is 3.21. The predicted molar refractivity (Wildman–Crippen MR) is 75.1 cm³/mol. The molecule has 0 bridgehead atoms. The zero-order valence-corrected chi connectivity index (χ0v) is 12.5. The van der Waals surface area contributed by atoms with E-state index in [1.807, 2.05) is 27.7 Å². The van der Waals surface area contributed by atoms with Crippen molar-refractivity contribution in [3.05, 3.63) is 41.3 Å². The molecule has 2 aromatic rings. The Bertz CT molecular complexity index is 584. The van der Waals surface area contributed by atoms with E-state index in [4.69, 9.17) is 4.42 Å². The predicted octanol–water partition coefficient (Wildman–Crippen LogP) is 5.61. The molecular weight excluding hydrogens is 279 g/mol. The zero-order valence-electron chi connectivity index (χ0n) is 12.5. The van der Waals surface area contributed by atoms with Gasteiger partial charge in [-0.1, -0.05) is 27.7 Å². The average Bonchev–Trinajstić information content (AvgIpc) is 2.83. The van der Waals surface area contributed by atoms with Crippen LogP contribution in [0.5, 0.6) is 0 Å². The summed E-state index contributed by atoms with van der Waals surface area (Å²) in [5.74, 6) is 1.54. The van der Waals surface area contributed by atoms with Gasteiger partial charge in [-0.15, -0.1) is 0 Å². The Morgan fingerprint density at radius 1 is 0.952 bits per heavy atom. The summed E-state index contributed by atoms with van der Waals surface area (Å²) >= 11 is 0. The first-order chi connectivity index (χ1) is 9.70. The van der Waals surface area contributed by atoms with Crippen molar-refractivity contribution >= 4 is 0 Å². The summed E-state index contributed by atoms with van der Waals surface area (Å²) in [7, 11) is 0. The molecule has 0 spiro atoms. The van der Waals surface area contributed by atoms with Crippen molar-refractivity contribution in [3.8, 4) is 11.5 Å². The van der Waals surface area contributed by atoms with Crippen LogP contribution >= 0.6 is 0 Å². The number of hydrogen-bond donors (Lipinski definition) is 0. The summed E-state index contributed by atoms with van der Waals surface area (Å²) < 4.78 is 43.4. The second-order valence-corrected chi connectivity index (χ2v) is 5.65. The van der Waals surface area contributed by atoms with Crippen LogP contribution in [0.2, 0.25) is 0 Å². The summed E-state index contributed by atoms with van der Waals surface area (Å²) in [4.78, 5) is 4.45. The fourth-order valence-corrected chi connectivity index (χ4v) is 2.10. The minimum Gasteiger partial charge on any atom is -0.441 e. The molecule has 1 heterocycles. The largest absolute Gasteiger partial charge is 0.441 e. The Kier molecular flexibility index (Phi) is 4.12. The summed E-state index contributed by atoms with van der Waals surface area (Å²) in [6.07, 6.45) is -4.33. The fraction of sp³-hybridized carbons (Fsp3) is 0.438. The van der Waals surface area contributed by atoms with E-state index in [1.165, 1.54) is 12.1 Å². The third kappa shape index (κ3) is 3.28. The first-order valence-corrected chi connectivity index (χ1v) is 6.88. The van der Waals surface area contributed by atoms with Gasteiger partial charge in [-0.25, -0.2) is 4.98 Å². The van der Waals surface area contributed by atoms with Crippen molar-refractivity contribution in [2.24, 2.45) is 0 Å². The molecule has 0 aliphatic heterocycles. The van der Waals surface area contributed by atoms with Gasteiger partial charge in [-0.05, 0) is 30.2 Å². The summed E-state index contributed by atoms with van der Waals surface area (Å²) in [5, 5.41) is 0. The normalized spacial score (nSPS) is 12.4. The Hall–Kier alpha value is -1.78. The molecule has 21 heavy (non-hydrogen) atoms. The highest BCUT2D eigenvalue weighted by molar-refractivity contribution is 5.54. The molecule has 2 rings (SSSR count). The zero-order chi connectivity index (χ0) is 15.8. The van der Waals surface area contributed by atoms with E-state index in [1.54, 1.807) is 0 Å². The lowest BCUT2D eigenvalue weighted by Gasteiger charge is -2.06. The van der Waals surface area contributed by atoms with Crippen LogP contribution in [0.15, 0.2) is 28.7 Å². The lowest BCUT2D eigenvalue weighted by atomic mass is 10.0. The first-order valence-electron chi connectivity index (χ1n) is 6.88. The molecule has 0 atom stereocenters. The van der Waals surface area contributed by atoms with Crippen LogP contribution < -0.4 is 0 Å². The number of rotatable bonds is 3. The van der Waals surface area contributed by atoms with Gasteiger partial charge in [-0.2, -0.15) is 13.2 Å². The van der Waals surface area contributed by atoms with Crippen LogP contribution in [0.4, 0.5) is 13.2 Å². The highest BCUT2D eigenvalue weighted by Gasteiger charge is 2.30. The minimum atomic E-state index is -4.33. The molecule has 0 saturated heterocycles. The Morgan fingerprint density at radius 2 is 1.52 bits per heavy atom. The standard InChI is InChI=1S/C16H18F3NO/c1-9(2)13-14(10(3)4)21-15(20-13)11-5-7-12(8-6-11)16(17,18)19/h5-10H,1-4H3. The van der Waals surface area contributed by atoms with Crippen molar-refractivity contribution in [3.63, 3.8) is 0 Å². The smallest absolute Gasteiger partial charge is 0.416 e. The van der Waals surface area contributed by atoms with Gasteiger partial charge in [0, 0.05) is 11.5 Å². The topological polar surface area (TPSA) is 26.0 Å². The van der Waals surface area contributed by atoms with E-state index in [2.05, 4.69) is 4.98 Å². The van der Waals surface area contributed by atoms with E-state index in [-0.39, 0.29) is 11.8 Å². The lowest BCUT2D eigenvalue weighted by Crippen LogP contribution is -2.03. The van der Waals surface area contributed by atoms with Crippen LogP contribution in [0.1, 0.15) is 56.5 Å². The van der Waals surface area contributed by atoms with Gasteiger partial charge in [0.2, 0.25) is 5.89 Å². The molecule has 114 valence electrons. The van der Waals surface area contributed by atoms with E-state index < -0.39 is 11.7 Å². The van der Waals surface area contributed by atoms with Gasteiger partial charge in [0.05, 0.1) is 11.3 Å². The molecule has 0 aliphatic rings. The Balaban J connectivity index is 2.41. The molecule has 0 fully saturated rings. The first kappa shape index (κ1) is 15.6. The molecule has 0 N–H and O–H groups in total. The third-order valence-corrected chi connectivity index (χ3v) is 3.21. The van der Waals surface area contributed by atoms with Gasteiger partial charge < -0.3 is 4.42 Å². The van der Waals surface area contributed by atoms with Crippen molar-refractivity contribution in [1.82, 2.24) is 4.98 Å². The van der Waals surface area contributed by atoms with E-state index in [9.17, 15) is 13.2 Å². The molecule has 5 heteroatoms. The highest BCUT2D eigenvalue weighted by atomic mass is 19.4. The van der Waals surface area contributed by atoms with E-state index >= 15 is 0 Å². The molecule has 0 radical (unpaired) electrons. The molecule has 0 amide bonds. The second-order valence-electron chi connectivity index (χ2n) is 5.65. The number of hydrogen-bond acceptors (Lipinski definition) is 2. The molecule has 0 saturated carbocycles. The maximum Gasteiger partial charge on any atom is 0.416 e. The fourth-order valence-electron chi connectivity index (χ4n) is 2.10. The summed E-state index contributed by atoms with van der Waals surface area (Å²) in [5.41, 5.74) is 0.739. The second kappa shape index (κ2) is 5.54. The monoisotopic (exact) mass is 297 g/mol. The average molecular weight is 297 g/mol. The van der Waals surface area contributed by atoms with E-state index in [0.717, 1.165) is 23.6 Å². The highest BCUT2D eigenvalue weighted by Crippen LogP contribution is 2.33. The van der Waals surface area contributed by atoms with Crippen molar-refractivity contribution in [2.75, 3.05) is 0 Å². The van der Waals surface area contributed by atoms with Crippen molar-refractivity contribution in [2.45, 2.75) is 45.7 Å². The summed E-state index contributed by atoms with van der Waals surface area (Å²) in [6.45, 7) is 8.03. The Labute approximate surface area is 122 Å². The number of benzene rings is 1. The number of alkyl halides is 3. The van der Waals surface area contributed by atoms with Crippen LogP contribution in [-0.2, 0) is 6.18 Å². The van der Waals surface area contributed by atoms with Crippen LogP contribution in [0, 0.1) is 0 Å². The van der Waals surface area contributed by atoms with Crippen LogP contribution in [0.25, 0.3) is 11.5 Å². The molecule has 2 nitrogen and oxygen atoms in total.